The van der Waals surface area contributed by atoms with E-state index >= 15 is 0 Å². The average molecular weight is 394 g/mol. The van der Waals surface area contributed by atoms with Crippen molar-refractivity contribution in [3.8, 4) is 0 Å². The minimum Gasteiger partial charge on any atom is -0.375 e. The van der Waals surface area contributed by atoms with E-state index in [-0.39, 0.29) is 30.7 Å². The fraction of sp³-hybridized carbons (Fsp3) is 0.722. The topological polar surface area (TPSA) is 92.7 Å². The van der Waals surface area contributed by atoms with E-state index in [1.165, 1.54) is 13.5 Å². The van der Waals surface area contributed by atoms with Gasteiger partial charge < -0.3 is 14.5 Å². The van der Waals surface area contributed by atoms with E-state index in [2.05, 4.69) is 16.8 Å². The van der Waals surface area contributed by atoms with E-state index in [1.807, 2.05) is 0 Å². The van der Waals surface area contributed by atoms with Gasteiger partial charge in [-0.1, -0.05) is 6.92 Å². The molecule has 0 unspecified atom stereocenters. The Kier molecular flexibility index (Phi) is 4.84. The highest BCUT2D eigenvalue weighted by atomic mass is 32.2. The monoisotopic (exact) mass is 394 g/mol. The van der Waals surface area contributed by atoms with Crippen molar-refractivity contribution in [2.75, 3.05) is 44.8 Å². The van der Waals surface area contributed by atoms with E-state index in [1.54, 1.807) is 11.1 Å². The lowest BCUT2D eigenvalue weighted by atomic mass is 9.99. The molecule has 3 aliphatic rings. The van der Waals surface area contributed by atoms with Crippen LogP contribution < -0.4 is 4.90 Å². The SMILES string of the molecule is COCC(=O)N1C[C@@H]2c3nc(N4CCC[C@H](C)C4)ncc3CS(=O)(=O)[C@@H]2C1. The Hall–Kier alpha value is -1.74. The number of nitrogens with zero attached hydrogens (tertiary/aromatic N) is 4. The maximum absolute atomic E-state index is 12.7. The fourth-order valence-corrected chi connectivity index (χ4v) is 6.50. The zero-order valence-electron chi connectivity index (χ0n) is 15.8. The van der Waals surface area contributed by atoms with Crippen LogP contribution in [0.3, 0.4) is 0 Å². The Morgan fingerprint density at radius 2 is 2.15 bits per heavy atom. The molecule has 8 nitrogen and oxygen atoms in total. The first-order valence-electron chi connectivity index (χ1n) is 9.48. The summed E-state index contributed by atoms with van der Waals surface area (Å²) in [5, 5.41) is -0.589. The number of hydrogen-bond acceptors (Lipinski definition) is 7. The van der Waals surface area contributed by atoms with Crippen LogP contribution in [0.1, 0.15) is 36.9 Å². The number of carbonyl (C=O) groups excluding carboxylic acids is 1. The highest BCUT2D eigenvalue weighted by Crippen LogP contribution is 2.39. The predicted octanol–water partition coefficient (Wildman–Crippen LogP) is 0.582. The van der Waals surface area contributed by atoms with Crippen LogP contribution in [0.2, 0.25) is 0 Å². The van der Waals surface area contributed by atoms with Crippen LogP contribution in [0.25, 0.3) is 0 Å². The second kappa shape index (κ2) is 7.01. The van der Waals surface area contributed by atoms with Crippen molar-refractivity contribution in [3.05, 3.63) is 17.5 Å². The minimum absolute atomic E-state index is 0.0347. The largest absolute Gasteiger partial charge is 0.375 e. The van der Waals surface area contributed by atoms with Gasteiger partial charge in [-0.3, -0.25) is 4.79 Å². The van der Waals surface area contributed by atoms with Crippen molar-refractivity contribution in [3.63, 3.8) is 0 Å². The van der Waals surface area contributed by atoms with Crippen molar-refractivity contribution >= 4 is 21.7 Å². The van der Waals surface area contributed by atoms with Crippen LogP contribution in [0.15, 0.2) is 6.20 Å². The molecule has 9 heteroatoms. The van der Waals surface area contributed by atoms with E-state index in [0.717, 1.165) is 25.2 Å². The summed E-state index contributed by atoms with van der Waals surface area (Å²) in [6, 6.07) is 0. The van der Waals surface area contributed by atoms with Gasteiger partial charge in [-0.05, 0) is 18.8 Å². The van der Waals surface area contributed by atoms with Gasteiger partial charge in [0.1, 0.15) is 6.61 Å². The van der Waals surface area contributed by atoms with Crippen molar-refractivity contribution in [1.29, 1.82) is 0 Å². The molecule has 0 spiro atoms. The third-order valence-electron chi connectivity index (χ3n) is 5.88. The number of hydrogen-bond donors (Lipinski definition) is 0. The fourth-order valence-electron chi connectivity index (χ4n) is 4.51. The van der Waals surface area contributed by atoms with Gasteiger partial charge in [0, 0.05) is 51.0 Å². The first-order chi connectivity index (χ1) is 12.9. The molecule has 3 atom stereocenters. The number of amides is 1. The number of sulfone groups is 1. The zero-order valence-corrected chi connectivity index (χ0v) is 16.6. The molecular formula is C18H26N4O4S. The Labute approximate surface area is 159 Å². The number of methoxy groups -OCH3 is 1. The van der Waals surface area contributed by atoms with E-state index in [4.69, 9.17) is 9.72 Å². The number of fused-ring (bicyclic) bond motifs is 3. The Bertz CT molecular complexity index is 844. The Morgan fingerprint density at radius 1 is 1.33 bits per heavy atom. The van der Waals surface area contributed by atoms with Gasteiger partial charge >= 0.3 is 0 Å². The van der Waals surface area contributed by atoms with Crippen molar-refractivity contribution in [2.45, 2.75) is 36.7 Å². The Morgan fingerprint density at radius 3 is 2.89 bits per heavy atom. The van der Waals surface area contributed by atoms with Crippen LogP contribution in [0.5, 0.6) is 0 Å². The van der Waals surface area contributed by atoms with Crippen LogP contribution >= 0.6 is 0 Å². The molecule has 0 saturated carbocycles. The van der Waals surface area contributed by atoms with Crippen LogP contribution in [0, 0.1) is 5.92 Å². The van der Waals surface area contributed by atoms with Crippen molar-refractivity contribution < 1.29 is 17.9 Å². The van der Waals surface area contributed by atoms with E-state index in [9.17, 15) is 13.2 Å². The lowest BCUT2D eigenvalue weighted by Gasteiger charge is -2.32. The summed E-state index contributed by atoms with van der Waals surface area (Å²) in [5.74, 6) is 0.762. The summed E-state index contributed by atoms with van der Waals surface area (Å²) in [7, 11) is -1.87. The predicted molar refractivity (Wildman–Crippen MR) is 100 cm³/mol. The third-order valence-corrected chi connectivity index (χ3v) is 7.99. The van der Waals surface area contributed by atoms with Crippen LogP contribution in [-0.4, -0.2) is 74.3 Å². The summed E-state index contributed by atoms with van der Waals surface area (Å²) < 4.78 is 30.4. The molecule has 1 aromatic rings. The molecule has 148 valence electrons. The van der Waals surface area contributed by atoms with Crippen molar-refractivity contribution in [1.82, 2.24) is 14.9 Å². The third kappa shape index (κ3) is 3.42. The van der Waals surface area contributed by atoms with Gasteiger partial charge in [-0.2, -0.15) is 0 Å². The molecule has 0 aromatic carbocycles. The standard InChI is InChI=1S/C18H26N4O4S/c1-12-4-3-5-21(7-12)18-19-6-13-11-27(24,25)15-9-22(16(23)10-26-2)8-14(15)17(13)20-18/h6,12,14-15H,3-5,7-11H2,1-2H3/t12-,14-,15+/m0/s1. The number of likely N-dealkylation sites (tertiary alicyclic amines) is 1. The molecule has 0 N–H and O–H groups in total. The summed E-state index contributed by atoms with van der Waals surface area (Å²) in [6.45, 7) is 4.62. The number of aromatic nitrogens is 2. The maximum atomic E-state index is 12.7. The summed E-state index contributed by atoms with van der Waals surface area (Å²) in [5.41, 5.74) is 1.47. The second-order valence-electron chi connectivity index (χ2n) is 7.96. The summed E-state index contributed by atoms with van der Waals surface area (Å²) in [4.78, 5) is 25.3. The molecule has 2 fully saturated rings. The number of ether oxygens (including phenoxy) is 1. The maximum Gasteiger partial charge on any atom is 0.248 e. The molecular weight excluding hydrogens is 368 g/mol. The summed E-state index contributed by atoms with van der Waals surface area (Å²) in [6.07, 6.45) is 3.99. The highest BCUT2D eigenvalue weighted by Gasteiger charge is 2.48. The number of carbonyl (C=O) groups is 1. The van der Waals surface area contributed by atoms with Gasteiger partial charge in [0.15, 0.2) is 9.84 Å². The van der Waals surface area contributed by atoms with Gasteiger partial charge in [0.25, 0.3) is 0 Å². The average Bonchev–Trinajstić information content (AvgIpc) is 3.08. The summed E-state index contributed by atoms with van der Waals surface area (Å²) >= 11 is 0. The molecule has 3 aliphatic heterocycles. The lowest BCUT2D eigenvalue weighted by Crippen LogP contribution is -2.38. The van der Waals surface area contributed by atoms with E-state index < -0.39 is 15.1 Å². The number of rotatable bonds is 3. The van der Waals surface area contributed by atoms with Gasteiger partial charge in [0.05, 0.1) is 16.7 Å². The molecule has 4 rings (SSSR count). The van der Waals surface area contributed by atoms with Gasteiger partial charge in [-0.15, -0.1) is 0 Å². The minimum atomic E-state index is -3.33. The van der Waals surface area contributed by atoms with Crippen molar-refractivity contribution in [2.24, 2.45) is 5.92 Å². The zero-order chi connectivity index (χ0) is 19.2. The molecule has 1 aromatic heterocycles. The first-order valence-corrected chi connectivity index (χ1v) is 11.2. The highest BCUT2D eigenvalue weighted by molar-refractivity contribution is 7.91. The van der Waals surface area contributed by atoms with E-state index in [0.29, 0.717) is 24.0 Å². The normalized spacial score (nSPS) is 29.3. The molecule has 0 bridgehead atoms. The van der Waals surface area contributed by atoms with Gasteiger partial charge in [-0.25, -0.2) is 18.4 Å². The molecule has 4 heterocycles. The molecule has 0 radical (unpaired) electrons. The number of anilines is 1. The first kappa shape index (κ1) is 18.6. The van der Waals surface area contributed by atoms with Gasteiger partial charge in [0.2, 0.25) is 11.9 Å². The quantitative estimate of drug-likeness (QED) is 0.740. The molecule has 0 aliphatic carbocycles. The van der Waals surface area contributed by atoms with Crippen LogP contribution in [-0.2, 0) is 25.1 Å². The smallest absolute Gasteiger partial charge is 0.248 e. The molecule has 2 saturated heterocycles. The molecule has 1 amide bonds. The van der Waals surface area contributed by atoms with Crippen LogP contribution in [0.4, 0.5) is 5.95 Å². The second-order valence-corrected chi connectivity index (χ2v) is 10.2. The molecule has 27 heavy (non-hydrogen) atoms. The number of piperidine rings is 1. The Balaban J connectivity index is 1.66. The lowest BCUT2D eigenvalue weighted by molar-refractivity contribution is -0.134.